The van der Waals surface area contributed by atoms with Crippen molar-refractivity contribution in [2.75, 3.05) is 0 Å². The fourth-order valence-electron chi connectivity index (χ4n) is 3.81. The molecular weight excluding hydrogens is 236 g/mol. The van der Waals surface area contributed by atoms with Crippen LogP contribution in [0.1, 0.15) is 37.2 Å². The zero-order valence-corrected chi connectivity index (χ0v) is 10.6. The van der Waals surface area contributed by atoms with Gasteiger partial charge >= 0.3 is 0 Å². The lowest BCUT2D eigenvalue weighted by molar-refractivity contribution is 0.0582. The van der Waals surface area contributed by atoms with Crippen molar-refractivity contribution in [1.82, 2.24) is 0 Å². The van der Waals surface area contributed by atoms with Gasteiger partial charge in [-0.05, 0) is 25.0 Å². The van der Waals surface area contributed by atoms with E-state index in [0.717, 1.165) is 5.56 Å². The van der Waals surface area contributed by atoms with E-state index in [0.29, 0.717) is 0 Å². The lowest BCUT2D eigenvalue weighted by atomic mass is 9.76. The maximum atomic E-state index is 12.3. The van der Waals surface area contributed by atoms with Gasteiger partial charge in [-0.3, -0.25) is 0 Å². The van der Waals surface area contributed by atoms with Gasteiger partial charge in [-0.1, -0.05) is 24.3 Å². The molecule has 0 radical (unpaired) electrons. The minimum absolute atomic E-state index is 0.0141. The van der Waals surface area contributed by atoms with Gasteiger partial charge in [0.2, 0.25) is 0 Å². The molecule has 0 aromatic heterocycles. The third kappa shape index (κ3) is 0.858. The van der Waals surface area contributed by atoms with Crippen LogP contribution in [-0.4, -0.2) is 18.4 Å². The first-order chi connectivity index (χ1) is 7.96. The molecule has 1 aromatic rings. The Hall–Kier alpha value is -0.870. The molecule has 0 spiro atoms. The van der Waals surface area contributed by atoms with Crippen molar-refractivity contribution in [2.45, 2.75) is 36.1 Å². The van der Waals surface area contributed by atoms with E-state index in [1.165, 1.54) is 5.56 Å². The van der Waals surface area contributed by atoms with Gasteiger partial charge in [0.25, 0.3) is 0 Å². The number of fused-ring (bicyclic) bond motifs is 8. The Kier molecular flexibility index (Phi) is 1.54. The molecule has 90 valence electrons. The van der Waals surface area contributed by atoms with Crippen LogP contribution < -0.4 is 0 Å². The Balaban J connectivity index is 1.94. The molecule has 0 aliphatic carbocycles. The molecule has 3 heterocycles. The first-order valence-corrected chi connectivity index (χ1v) is 7.48. The van der Waals surface area contributed by atoms with Gasteiger partial charge in [0.05, 0.1) is 16.1 Å². The highest BCUT2D eigenvalue weighted by molar-refractivity contribution is 7.95. The number of hydrogen-bond acceptors (Lipinski definition) is 3. The summed E-state index contributed by atoms with van der Waals surface area (Å²) >= 11 is 0. The van der Waals surface area contributed by atoms with Crippen LogP contribution in [0.25, 0.3) is 0 Å². The van der Waals surface area contributed by atoms with Crippen LogP contribution in [0.5, 0.6) is 0 Å². The van der Waals surface area contributed by atoms with Gasteiger partial charge in [-0.25, -0.2) is 8.42 Å². The summed E-state index contributed by atoms with van der Waals surface area (Å²) in [7, 11) is -3.04. The summed E-state index contributed by atoms with van der Waals surface area (Å²) in [4.78, 5) is 0. The molecular formula is C13H14O3S. The quantitative estimate of drug-likeness (QED) is 0.707. The highest BCUT2D eigenvalue weighted by atomic mass is 32.2. The molecule has 0 saturated carbocycles. The van der Waals surface area contributed by atoms with Crippen LogP contribution in [0.15, 0.2) is 24.3 Å². The normalized spacial score (nSPS) is 42.7. The number of sulfone groups is 1. The molecule has 2 saturated heterocycles. The summed E-state index contributed by atoms with van der Waals surface area (Å²) in [6.45, 7) is 3.66. The van der Waals surface area contributed by atoms with Crippen molar-refractivity contribution in [2.24, 2.45) is 5.92 Å². The van der Waals surface area contributed by atoms with E-state index in [1.54, 1.807) is 0 Å². The maximum absolute atomic E-state index is 12.3. The number of benzene rings is 1. The predicted molar refractivity (Wildman–Crippen MR) is 63.3 cm³/mol. The highest BCUT2D eigenvalue weighted by Gasteiger charge is 2.73. The second kappa shape index (κ2) is 2.59. The smallest absolute Gasteiger partial charge is 0.162 e. The molecule has 4 atom stereocenters. The molecule has 3 aliphatic rings. The van der Waals surface area contributed by atoms with Gasteiger partial charge in [0, 0.05) is 5.92 Å². The molecule has 3 aliphatic heterocycles. The summed E-state index contributed by atoms with van der Waals surface area (Å²) in [6.07, 6.45) is -0.237. The summed E-state index contributed by atoms with van der Waals surface area (Å²) < 4.78 is 29.8. The third-order valence-corrected chi connectivity index (χ3v) is 7.77. The standard InChI is InChI=1S/C13H14O3S/c1-13(2)9-10-7-5-3-4-6-8(7)11(16-10)12(9)17(13,14)15/h3-6,9-12H,1-2H3/t9-,10-,11-,12-/m0/s1. The first-order valence-electron chi connectivity index (χ1n) is 5.94. The molecule has 17 heavy (non-hydrogen) atoms. The van der Waals surface area contributed by atoms with Gasteiger partial charge in [0.1, 0.15) is 6.10 Å². The van der Waals surface area contributed by atoms with Crippen LogP contribution in [0.2, 0.25) is 0 Å². The van der Waals surface area contributed by atoms with Crippen LogP contribution >= 0.6 is 0 Å². The molecule has 2 bridgehead atoms. The Labute approximate surface area is 101 Å². The minimum Gasteiger partial charge on any atom is -0.364 e. The molecule has 1 aromatic carbocycles. The van der Waals surface area contributed by atoms with E-state index in [1.807, 2.05) is 32.0 Å². The molecule has 2 fully saturated rings. The largest absolute Gasteiger partial charge is 0.364 e. The third-order valence-electron chi connectivity index (χ3n) is 4.78. The lowest BCUT2D eigenvalue weighted by Gasteiger charge is -2.50. The van der Waals surface area contributed by atoms with Crippen molar-refractivity contribution in [1.29, 1.82) is 0 Å². The summed E-state index contributed by atoms with van der Waals surface area (Å²) in [5, 5.41) is -0.308. The summed E-state index contributed by atoms with van der Waals surface area (Å²) in [5.74, 6) is 0.132. The van der Waals surface area contributed by atoms with Crippen LogP contribution in [0, 0.1) is 5.92 Å². The molecule has 4 heteroatoms. The second-order valence-corrected chi connectivity index (χ2v) is 8.43. The SMILES string of the molecule is CC1(C)[C@@H]2[C@@H]([C@H]3O[C@H]2c2ccccc23)S1(=O)=O. The van der Waals surface area contributed by atoms with E-state index in [4.69, 9.17) is 4.74 Å². The second-order valence-electron chi connectivity index (χ2n) is 5.75. The van der Waals surface area contributed by atoms with Gasteiger partial charge < -0.3 is 4.74 Å². The predicted octanol–water partition coefficient (Wildman–Crippen LogP) is 2.00. The zero-order valence-electron chi connectivity index (χ0n) is 9.75. The number of ether oxygens (including phenoxy) is 1. The number of rotatable bonds is 0. The van der Waals surface area contributed by atoms with Crippen molar-refractivity contribution >= 4 is 9.84 Å². The van der Waals surface area contributed by atoms with Crippen LogP contribution in [0.3, 0.4) is 0 Å². The fourth-order valence-corrected chi connectivity index (χ4v) is 6.34. The average Bonchev–Trinajstić information content (AvgIpc) is 2.84. The van der Waals surface area contributed by atoms with E-state index in [2.05, 4.69) is 6.07 Å². The van der Waals surface area contributed by atoms with Crippen molar-refractivity contribution < 1.29 is 13.2 Å². The van der Waals surface area contributed by atoms with Gasteiger partial charge in [-0.2, -0.15) is 0 Å². The minimum atomic E-state index is -3.04. The van der Waals surface area contributed by atoms with E-state index in [-0.39, 0.29) is 23.4 Å². The average molecular weight is 250 g/mol. The first kappa shape index (κ1) is 10.1. The Morgan fingerprint density at radius 2 is 1.71 bits per heavy atom. The zero-order chi connectivity index (χ0) is 12.0. The van der Waals surface area contributed by atoms with E-state index >= 15 is 0 Å². The number of hydrogen-bond donors (Lipinski definition) is 0. The molecule has 0 N–H and O–H groups in total. The summed E-state index contributed by atoms with van der Waals surface area (Å²) in [6, 6.07) is 8.01. The maximum Gasteiger partial charge on any atom is 0.162 e. The van der Waals surface area contributed by atoms with Crippen LogP contribution in [-0.2, 0) is 14.6 Å². The van der Waals surface area contributed by atoms with Crippen LogP contribution in [0.4, 0.5) is 0 Å². The Morgan fingerprint density at radius 3 is 2.35 bits per heavy atom. The molecule has 4 rings (SSSR count). The topological polar surface area (TPSA) is 43.4 Å². The fraction of sp³-hybridized carbons (Fsp3) is 0.538. The van der Waals surface area contributed by atoms with E-state index in [9.17, 15) is 8.42 Å². The lowest BCUT2D eigenvalue weighted by Crippen LogP contribution is -2.63. The monoisotopic (exact) mass is 250 g/mol. The Morgan fingerprint density at radius 1 is 1.12 bits per heavy atom. The van der Waals surface area contributed by atoms with Crippen molar-refractivity contribution in [3.05, 3.63) is 35.4 Å². The summed E-state index contributed by atoms with van der Waals surface area (Å²) in [5.41, 5.74) is 2.28. The molecule has 3 nitrogen and oxygen atoms in total. The van der Waals surface area contributed by atoms with Gasteiger partial charge in [0.15, 0.2) is 9.84 Å². The molecule has 0 unspecified atom stereocenters. The Bertz CT molecular complexity index is 617. The van der Waals surface area contributed by atoms with Crippen molar-refractivity contribution in [3.8, 4) is 0 Å². The van der Waals surface area contributed by atoms with E-state index < -0.39 is 14.6 Å². The molecule has 0 amide bonds. The highest BCUT2D eigenvalue weighted by Crippen LogP contribution is 2.67. The van der Waals surface area contributed by atoms with Crippen molar-refractivity contribution in [3.63, 3.8) is 0 Å². The van der Waals surface area contributed by atoms with Gasteiger partial charge in [-0.15, -0.1) is 0 Å².